The van der Waals surface area contributed by atoms with Crippen molar-refractivity contribution in [2.24, 2.45) is 0 Å². The smallest absolute Gasteiger partial charge is 0.251 e. The molecular formula is C20H24N4O. The van der Waals surface area contributed by atoms with Crippen molar-refractivity contribution in [2.45, 2.75) is 19.6 Å². The molecule has 5 nitrogen and oxygen atoms in total. The third kappa shape index (κ3) is 4.32. The highest BCUT2D eigenvalue weighted by Gasteiger charge is 2.21. The molecule has 1 N–H and O–H groups in total. The first-order valence-corrected chi connectivity index (χ1v) is 8.48. The number of nitrogens with zero attached hydrogens (tertiary/aromatic N) is 3. The molecule has 0 spiro atoms. The van der Waals surface area contributed by atoms with Gasteiger partial charge in [0.25, 0.3) is 5.91 Å². The minimum atomic E-state index is -0.000961. The molecule has 3 rings (SSSR count). The largest absolute Gasteiger partial charge is 0.309 e. The molecule has 5 heteroatoms. The van der Waals surface area contributed by atoms with E-state index in [0.29, 0.717) is 6.54 Å². The number of nitrogens with one attached hydrogen (secondary N) is 1. The lowest BCUT2D eigenvalue weighted by Crippen LogP contribution is -2.30. The van der Waals surface area contributed by atoms with E-state index in [4.69, 9.17) is 0 Å². The van der Waals surface area contributed by atoms with Gasteiger partial charge in [0.1, 0.15) is 0 Å². The number of aromatic nitrogens is 1. The van der Waals surface area contributed by atoms with Crippen molar-refractivity contribution in [3.8, 4) is 0 Å². The monoisotopic (exact) mass is 336 g/mol. The second-order valence-electron chi connectivity index (χ2n) is 6.46. The van der Waals surface area contributed by atoms with E-state index in [0.717, 1.165) is 30.9 Å². The van der Waals surface area contributed by atoms with Gasteiger partial charge in [0.05, 0.1) is 6.54 Å². The van der Waals surface area contributed by atoms with Crippen LogP contribution in [0, 0.1) is 0 Å². The maximum atomic E-state index is 12.9. The van der Waals surface area contributed by atoms with E-state index in [-0.39, 0.29) is 5.91 Å². The Balaban J connectivity index is 1.91. The van der Waals surface area contributed by atoms with E-state index in [1.54, 1.807) is 18.5 Å². The fourth-order valence-corrected chi connectivity index (χ4v) is 2.97. The number of amides is 1. The molecule has 1 amide bonds. The summed E-state index contributed by atoms with van der Waals surface area (Å²) in [6, 6.07) is 10.1. The number of hydrogen-bond acceptors (Lipinski definition) is 4. The first-order valence-electron chi connectivity index (χ1n) is 8.48. The van der Waals surface area contributed by atoms with E-state index in [2.05, 4.69) is 16.4 Å². The van der Waals surface area contributed by atoms with Gasteiger partial charge in [-0.1, -0.05) is 18.2 Å². The number of fused-ring (bicyclic) bond motifs is 1. The summed E-state index contributed by atoms with van der Waals surface area (Å²) in [6.07, 6.45) is 7.10. The van der Waals surface area contributed by atoms with Gasteiger partial charge < -0.3 is 15.1 Å². The first-order chi connectivity index (χ1) is 12.1. The molecule has 2 aromatic rings. The number of carbonyl (C=O) groups excluding carboxylic acids is 1. The van der Waals surface area contributed by atoms with Crippen molar-refractivity contribution in [1.82, 2.24) is 15.2 Å². The molecule has 0 atom stereocenters. The summed E-state index contributed by atoms with van der Waals surface area (Å²) in [5.74, 6) is -0.000961. The Morgan fingerprint density at radius 2 is 2.00 bits per heavy atom. The average molecular weight is 336 g/mol. The second-order valence-corrected chi connectivity index (χ2v) is 6.46. The van der Waals surface area contributed by atoms with Crippen LogP contribution in [0.2, 0.25) is 0 Å². The van der Waals surface area contributed by atoms with Crippen molar-refractivity contribution in [1.29, 1.82) is 0 Å². The van der Waals surface area contributed by atoms with Gasteiger partial charge in [-0.15, -0.1) is 0 Å². The number of rotatable bonds is 6. The Morgan fingerprint density at radius 3 is 2.76 bits per heavy atom. The van der Waals surface area contributed by atoms with Gasteiger partial charge in [-0.05, 0) is 49.0 Å². The first kappa shape index (κ1) is 17.3. The molecule has 0 saturated carbocycles. The average Bonchev–Trinajstić information content (AvgIpc) is 3.09. The Kier molecular flexibility index (Phi) is 5.58. The Labute approximate surface area is 149 Å². The molecule has 1 aromatic carbocycles. The highest BCUT2D eigenvalue weighted by molar-refractivity contribution is 6.02. The Hall–Kier alpha value is -2.50. The second kappa shape index (κ2) is 8.05. The van der Waals surface area contributed by atoms with Crippen LogP contribution in [0.5, 0.6) is 0 Å². The van der Waals surface area contributed by atoms with Crippen molar-refractivity contribution in [3.05, 3.63) is 71.6 Å². The van der Waals surface area contributed by atoms with E-state index in [9.17, 15) is 4.79 Å². The number of pyridine rings is 1. The van der Waals surface area contributed by atoms with Crippen molar-refractivity contribution in [2.75, 3.05) is 25.5 Å². The molecule has 1 aliphatic heterocycles. The Morgan fingerprint density at radius 1 is 1.20 bits per heavy atom. The zero-order chi connectivity index (χ0) is 17.6. The van der Waals surface area contributed by atoms with Gasteiger partial charge in [-0.25, -0.2) is 0 Å². The Bertz CT molecular complexity index is 756. The lowest BCUT2D eigenvalue weighted by atomic mass is 10.1. The molecule has 0 fully saturated rings. The number of hydrogen-bond donors (Lipinski definition) is 1. The van der Waals surface area contributed by atoms with Gasteiger partial charge >= 0.3 is 0 Å². The third-order valence-electron chi connectivity index (χ3n) is 4.24. The van der Waals surface area contributed by atoms with Crippen LogP contribution in [0.4, 0.5) is 5.69 Å². The highest BCUT2D eigenvalue weighted by Crippen LogP contribution is 2.29. The molecule has 0 aliphatic carbocycles. The van der Waals surface area contributed by atoms with Crippen LogP contribution >= 0.6 is 0 Å². The standard InChI is InChI=1S/C20H24N4O/c1-23(2)12-4-7-20(25)24(15-16-8-10-21-11-9-16)19-6-3-5-17-13-22-14-18(17)19/h3-11,22H,12-15H2,1-2H3/b7-4+. The molecule has 0 bridgehead atoms. The summed E-state index contributed by atoms with van der Waals surface area (Å²) in [5.41, 5.74) is 4.53. The summed E-state index contributed by atoms with van der Waals surface area (Å²) < 4.78 is 0. The number of anilines is 1. The van der Waals surface area contributed by atoms with Crippen molar-refractivity contribution in [3.63, 3.8) is 0 Å². The molecule has 0 saturated heterocycles. The van der Waals surface area contributed by atoms with E-state index < -0.39 is 0 Å². The maximum Gasteiger partial charge on any atom is 0.251 e. The van der Waals surface area contributed by atoms with Crippen molar-refractivity contribution >= 4 is 11.6 Å². The molecule has 0 unspecified atom stereocenters. The topological polar surface area (TPSA) is 48.5 Å². The third-order valence-corrected chi connectivity index (χ3v) is 4.24. The van der Waals surface area contributed by atoms with E-state index in [1.165, 1.54) is 11.1 Å². The number of carbonyl (C=O) groups is 1. The van der Waals surface area contributed by atoms with Crippen LogP contribution in [0.1, 0.15) is 16.7 Å². The SMILES string of the molecule is CN(C)C/C=C/C(=O)N(Cc1ccncc1)c1cccc2c1CNC2. The minimum Gasteiger partial charge on any atom is -0.309 e. The summed E-state index contributed by atoms with van der Waals surface area (Å²) in [6.45, 7) is 2.93. The van der Waals surface area contributed by atoms with Crippen LogP contribution in [-0.2, 0) is 24.4 Å². The quantitative estimate of drug-likeness (QED) is 0.823. The van der Waals surface area contributed by atoms with E-state index in [1.807, 2.05) is 54.2 Å². The lowest BCUT2D eigenvalue weighted by molar-refractivity contribution is -0.114. The van der Waals surface area contributed by atoms with E-state index >= 15 is 0 Å². The molecule has 1 aliphatic rings. The predicted octanol–water partition coefficient (Wildman–Crippen LogP) is 2.34. The highest BCUT2D eigenvalue weighted by atomic mass is 16.2. The maximum absolute atomic E-state index is 12.9. The minimum absolute atomic E-state index is 0.000961. The van der Waals surface area contributed by atoms with Crippen LogP contribution in [-0.4, -0.2) is 36.4 Å². The fraction of sp³-hybridized carbons (Fsp3) is 0.300. The zero-order valence-corrected chi connectivity index (χ0v) is 14.8. The van der Waals surface area contributed by atoms with Crippen molar-refractivity contribution < 1.29 is 4.79 Å². The van der Waals surface area contributed by atoms with Gasteiger partial charge in [0.2, 0.25) is 0 Å². The molecule has 2 heterocycles. The molecule has 130 valence electrons. The lowest BCUT2D eigenvalue weighted by Gasteiger charge is -2.24. The van der Waals surface area contributed by atoms with Gasteiger partial charge in [-0.2, -0.15) is 0 Å². The van der Waals surface area contributed by atoms with Gasteiger partial charge in [0.15, 0.2) is 0 Å². The number of likely N-dealkylation sites (N-methyl/N-ethyl adjacent to an activating group) is 1. The fourth-order valence-electron chi connectivity index (χ4n) is 2.97. The molecular weight excluding hydrogens is 312 g/mol. The van der Waals surface area contributed by atoms with Crippen LogP contribution in [0.3, 0.4) is 0 Å². The summed E-state index contributed by atoms with van der Waals surface area (Å²) >= 11 is 0. The molecule has 1 aromatic heterocycles. The predicted molar refractivity (Wildman–Crippen MR) is 100 cm³/mol. The van der Waals surface area contributed by atoms with Gasteiger partial charge in [-0.3, -0.25) is 9.78 Å². The molecule has 0 radical (unpaired) electrons. The summed E-state index contributed by atoms with van der Waals surface area (Å²) in [7, 11) is 3.97. The van der Waals surface area contributed by atoms with Crippen LogP contribution in [0.15, 0.2) is 54.9 Å². The zero-order valence-electron chi connectivity index (χ0n) is 14.8. The number of benzene rings is 1. The molecule has 25 heavy (non-hydrogen) atoms. The van der Waals surface area contributed by atoms with Crippen LogP contribution < -0.4 is 10.2 Å². The van der Waals surface area contributed by atoms with Gasteiger partial charge in [0, 0.05) is 43.8 Å². The van der Waals surface area contributed by atoms with Crippen LogP contribution in [0.25, 0.3) is 0 Å². The normalized spacial score (nSPS) is 13.4. The summed E-state index contributed by atoms with van der Waals surface area (Å²) in [4.78, 5) is 20.9. The summed E-state index contributed by atoms with van der Waals surface area (Å²) in [5, 5.41) is 3.37.